The first kappa shape index (κ1) is 20.7. The van der Waals surface area contributed by atoms with Gasteiger partial charge >= 0.3 is 0 Å². The van der Waals surface area contributed by atoms with Gasteiger partial charge in [0.2, 0.25) is 0 Å². The molecule has 10 heteroatoms. The van der Waals surface area contributed by atoms with Crippen molar-refractivity contribution < 1.29 is 18.3 Å². The molecule has 0 saturated carbocycles. The smallest absolute Gasteiger partial charge is 0.141 e. The summed E-state index contributed by atoms with van der Waals surface area (Å²) in [6, 6.07) is 4.35. The quantitative estimate of drug-likeness (QED) is 0.551. The highest BCUT2D eigenvalue weighted by Gasteiger charge is 2.40. The third-order valence-electron chi connectivity index (χ3n) is 4.14. The van der Waals surface area contributed by atoms with E-state index in [2.05, 4.69) is 15.1 Å². The molecule has 0 unspecified atom stereocenters. The number of benzene rings is 1. The Morgan fingerprint density at radius 2 is 1.96 bits per heavy atom. The molecule has 2 aromatic heterocycles. The highest BCUT2D eigenvalue weighted by atomic mass is 33.1. The lowest BCUT2D eigenvalue weighted by Crippen LogP contribution is -2.41. The predicted octanol–water partition coefficient (Wildman–Crippen LogP) is 3.95. The van der Waals surface area contributed by atoms with Gasteiger partial charge in [0, 0.05) is 22.8 Å². The van der Waals surface area contributed by atoms with Gasteiger partial charge in [0.25, 0.3) is 0 Å². The molecule has 0 aliphatic heterocycles. The summed E-state index contributed by atoms with van der Waals surface area (Å²) in [5.41, 5.74) is -1.23. The third kappa shape index (κ3) is 4.86. The summed E-state index contributed by atoms with van der Waals surface area (Å²) in [6.45, 7) is 1.60. The molecule has 5 nitrogen and oxygen atoms in total. The second-order valence-electron chi connectivity index (χ2n) is 6.15. The molecule has 2 atom stereocenters. The number of hydrogen-bond donors (Lipinski definition) is 1. The normalized spacial score (nSPS) is 14.6. The molecule has 2 heterocycles. The van der Waals surface area contributed by atoms with Crippen molar-refractivity contribution in [1.29, 1.82) is 0 Å². The van der Waals surface area contributed by atoms with E-state index in [1.54, 1.807) is 13.1 Å². The number of nitrogens with zero attached hydrogens (tertiary/aromatic N) is 4. The number of aliphatic hydroxyl groups is 1. The summed E-state index contributed by atoms with van der Waals surface area (Å²) in [4.78, 5) is 7.62. The number of pyridine rings is 1. The van der Waals surface area contributed by atoms with Gasteiger partial charge in [0.1, 0.15) is 35.7 Å². The molecule has 1 N–H and O–H groups in total. The Morgan fingerprint density at radius 1 is 1.14 bits per heavy atom. The van der Waals surface area contributed by atoms with Crippen molar-refractivity contribution in [3.63, 3.8) is 0 Å². The summed E-state index contributed by atoms with van der Waals surface area (Å²) in [7, 11) is 2.64. The van der Waals surface area contributed by atoms with Gasteiger partial charge in [0.05, 0.1) is 12.7 Å². The maximum absolute atomic E-state index is 14.4. The molecule has 0 bridgehead atoms. The van der Waals surface area contributed by atoms with Crippen molar-refractivity contribution in [1.82, 2.24) is 19.7 Å². The van der Waals surface area contributed by atoms with Gasteiger partial charge in [-0.1, -0.05) is 21.6 Å². The van der Waals surface area contributed by atoms with Gasteiger partial charge in [-0.2, -0.15) is 5.10 Å². The molecule has 1 aromatic carbocycles. The Labute approximate surface area is 167 Å². The van der Waals surface area contributed by atoms with Crippen LogP contribution in [0.15, 0.2) is 49.3 Å². The molecule has 148 valence electrons. The zero-order valence-electron chi connectivity index (χ0n) is 14.8. The minimum atomic E-state index is -1.75. The van der Waals surface area contributed by atoms with Crippen LogP contribution in [-0.4, -0.2) is 30.1 Å². The maximum atomic E-state index is 14.4. The van der Waals surface area contributed by atoms with Crippen molar-refractivity contribution in [2.24, 2.45) is 0 Å². The van der Waals surface area contributed by atoms with Crippen LogP contribution in [0.2, 0.25) is 0 Å². The first-order valence-corrected chi connectivity index (χ1v) is 10.6. The molecular weight excluding hydrogens is 409 g/mol. The lowest BCUT2D eigenvalue weighted by Gasteiger charge is -2.34. The average Bonchev–Trinajstić information content (AvgIpc) is 3.16. The first-order chi connectivity index (χ1) is 13.4. The fraction of sp³-hybridized carbons (Fsp3) is 0.278. The largest absolute Gasteiger partial charge is 0.382 e. The topological polar surface area (TPSA) is 63.8 Å². The maximum Gasteiger partial charge on any atom is 0.141 e. The second kappa shape index (κ2) is 8.97. The number of rotatable bonds is 8. The molecule has 0 radical (unpaired) electrons. The highest BCUT2D eigenvalue weighted by Crippen LogP contribution is 2.42. The van der Waals surface area contributed by atoms with Crippen molar-refractivity contribution in [2.75, 3.05) is 0 Å². The standard InChI is InChI=1S/C18H17F3N4OS2/c1-12(28-27-8-13-4-15(20)7-22-6-13)18(26,9-25-11-23-10-24-25)16-5-14(19)2-3-17(16)21/h2-7,10-12,26H,8-9H2,1H3/t12-,18-/m1/s1. The van der Waals surface area contributed by atoms with Gasteiger partial charge in [-0.25, -0.2) is 22.8 Å². The van der Waals surface area contributed by atoms with E-state index in [9.17, 15) is 18.3 Å². The monoisotopic (exact) mass is 426 g/mol. The van der Waals surface area contributed by atoms with Gasteiger partial charge < -0.3 is 5.11 Å². The summed E-state index contributed by atoms with van der Waals surface area (Å²) in [5.74, 6) is -1.36. The van der Waals surface area contributed by atoms with Crippen molar-refractivity contribution in [2.45, 2.75) is 30.1 Å². The summed E-state index contributed by atoms with van der Waals surface area (Å²) >= 11 is 0. The number of hydrogen-bond acceptors (Lipinski definition) is 6. The molecule has 0 fully saturated rings. The second-order valence-corrected chi connectivity index (χ2v) is 8.86. The van der Waals surface area contributed by atoms with Gasteiger partial charge in [0.15, 0.2) is 0 Å². The lowest BCUT2D eigenvalue weighted by atomic mass is 9.90. The van der Waals surface area contributed by atoms with E-state index in [0.717, 1.165) is 24.4 Å². The molecular formula is C18H17F3N4OS2. The van der Waals surface area contributed by atoms with E-state index in [-0.39, 0.29) is 12.1 Å². The van der Waals surface area contributed by atoms with Crippen LogP contribution < -0.4 is 0 Å². The molecule has 3 rings (SSSR count). The number of aromatic nitrogens is 4. The zero-order chi connectivity index (χ0) is 20.1. The van der Waals surface area contributed by atoms with Crippen LogP contribution in [0.1, 0.15) is 18.1 Å². The van der Waals surface area contributed by atoms with E-state index in [4.69, 9.17) is 0 Å². The molecule has 0 spiro atoms. The highest BCUT2D eigenvalue weighted by molar-refractivity contribution is 8.76. The predicted molar refractivity (Wildman–Crippen MR) is 103 cm³/mol. The SMILES string of the molecule is C[C@@H](SSCc1cncc(F)c1)[C@](O)(Cn1cncn1)c1cc(F)ccc1F. The molecule has 0 amide bonds. The van der Waals surface area contributed by atoms with Crippen molar-refractivity contribution in [3.05, 3.63) is 77.9 Å². The Balaban J connectivity index is 1.80. The van der Waals surface area contributed by atoms with Gasteiger partial charge in [-0.15, -0.1) is 0 Å². The molecule has 28 heavy (non-hydrogen) atoms. The van der Waals surface area contributed by atoms with Crippen molar-refractivity contribution in [3.8, 4) is 0 Å². The van der Waals surface area contributed by atoms with E-state index >= 15 is 0 Å². The van der Waals surface area contributed by atoms with Crippen LogP contribution in [0.5, 0.6) is 0 Å². The summed E-state index contributed by atoms with van der Waals surface area (Å²) < 4.78 is 42.8. The van der Waals surface area contributed by atoms with E-state index < -0.39 is 28.3 Å². The average molecular weight is 426 g/mol. The lowest BCUT2D eigenvalue weighted by molar-refractivity contribution is 0.0134. The first-order valence-electron chi connectivity index (χ1n) is 8.26. The van der Waals surface area contributed by atoms with E-state index in [1.165, 1.54) is 45.0 Å². The summed E-state index contributed by atoms with van der Waals surface area (Å²) in [6.07, 6.45) is 5.36. The summed E-state index contributed by atoms with van der Waals surface area (Å²) in [5, 5.41) is 14.8. The fourth-order valence-corrected chi connectivity index (χ4v) is 5.27. The Bertz CT molecular complexity index is 929. The molecule has 0 saturated heterocycles. The minimum absolute atomic E-state index is 0.108. The third-order valence-corrected chi connectivity index (χ3v) is 7.03. The fourth-order valence-electron chi connectivity index (χ4n) is 2.64. The zero-order valence-corrected chi connectivity index (χ0v) is 16.4. The van der Waals surface area contributed by atoms with Crippen LogP contribution in [0.3, 0.4) is 0 Å². The van der Waals surface area contributed by atoms with Crippen molar-refractivity contribution >= 4 is 21.6 Å². The minimum Gasteiger partial charge on any atom is -0.382 e. The van der Waals surface area contributed by atoms with E-state index in [0.29, 0.717) is 11.3 Å². The van der Waals surface area contributed by atoms with Crippen LogP contribution in [0.25, 0.3) is 0 Å². The van der Waals surface area contributed by atoms with Crippen LogP contribution in [0.4, 0.5) is 13.2 Å². The van der Waals surface area contributed by atoms with Gasteiger partial charge in [-0.05, 0) is 36.8 Å². The van der Waals surface area contributed by atoms with Crippen LogP contribution in [0, 0.1) is 17.5 Å². The molecule has 0 aliphatic rings. The Kier molecular flexibility index (Phi) is 6.63. The molecule has 0 aliphatic carbocycles. The molecule has 3 aromatic rings. The Morgan fingerprint density at radius 3 is 2.68 bits per heavy atom. The number of halogens is 3. The van der Waals surface area contributed by atoms with E-state index in [1.807, 2.05) is 0 Å². The van der Waals surface area contributed by atoms with Gasteiger partial charge in [-0.3, -0.25) is 4.98 Å². The Hall–Kier alpha value is -2.04. The van der Waals surface area contributed by atoms with Crippen LogP contribution in [-0.2, 0) is 17.9 Å². The van der Waals surface area contributed by atoms with Crippen LogP contribution >= 0.6 is 21.6 Å².